The maximum atomic E-state index is 13.3. The molecule has 0 amide bonds. The Morgan fingerprint density at radius 1 is 1.03 bits per heavy atom. The molecule has 1 aromatic carbocycles. The molecule has 0 saturated heterocycles. The average Bonchev–Trinajstić information content (AvgIpc) is 3.54. The van der Waals surface area contributed by atoms with Gasteiger partial charge in [0.2, 0.25) is 5.95 Å². The molecule has 37 heavy (non-hydrogen) atoms. The molecule has 0 radical (unpaired) electrons. The van der Waals surface area contributed by atoms with E-state index in [1.54, 1.807) is 24.4 Å². The van der Waals surface area contributed by atoms with Crippen LogP contribution in [0.1, 0.15) is 69.0 Å². The van der Waals surface area contributed by atoms with Crippen LogP contribution in [0.25, 0.3) is 11.0 Å². The number of nitrogens with one attached hydrogen (secondary N) is 1. The molecule has 3 aliphatic carbocycles. The first-order chi connectivity index (χ1) is 17.7. The molecule has 1 N–H and O–H groups in total. The molecule has 0 aliphatic heterocycles. The monoisotopic (exact) mass is 518 g/mol. The van der Waals surface area contributed by atoms with E-state index < -0.39 is 15.1 Å². The topological polar surface area (TPSA) is 94.0 Å². The highest BCUT2D eigenvalue weighted by molar-refractivity contribution is 7.92. The summed E-state index contributed by atoms with van der Waals surface area (Å²) in [6, 6.07) is 7.22. The fourth-order valence-corrected chi connectivity index (χ4v) is 8.01. The molecule has 6 rings (SSSR count). The Morgan fingerprint density at radius 2 is 1.84 bits per heavy atom. The minimum atomic E-state index is -3.44. The van der Waals surface area contributed by atoms with Crippen molar-refractivity contribution >= 4 is 32.5 Å². The van der Waals surface area contributed by atoms with E-state index in [0.29, 0.717) is 28.8 Å². The second kappa shape index (κ2) is 8.79. The summed E-state index contributed by atoms with van der Waals surface area (Å²) in [6.07, 6.45) is 12.8. The van der Waals surface area contributed by atoms with Crippen molar-refractivity contribution in [2.24, 2.45) is 11.3 Å². The Bertz CT molecular complexity index is 1590. The molecular weight excluding hydrogens is 484 g/mol. The van der Waals surface area contributed by atoms with E-state index in [1.807, 2.05) is 36.6 Å². The van der Waals surface area contributed by atoms with Crippen LogP contribution < -0.4 is 10.9 Å². The van der Waals surface area contributed by atoms with Gasteiger partial charge in [0.25, 0.3) is 5.56 Å². The van der Waals surface area contributed by atoms with Crippen molar-refractivity contribution < 1.29 is 8.42 Å². The molecule has 1 unspecified atom stereocenters. The van der Waals surface area contributed by atoms with Gasteiger partial charge in [-0.2, -0.15) is 4.98 Å². The molecule has 3 aromatic rings. The van der Waals surface area contributed by atoms with Gasteiger partial charge in [0.15, 0.2) is 9.84 Å². The predicted molar refractivity (Wildman–Crippen MR) is 146 cm³/mol. The second-order valence-electron chi connectivity index (χ2n) is 11.4. The molecule has 2 saturated carbocycles. The molecule has 8 heteroatoms. The minimum Gasteiger partial charge on any atom is -0.324 e. The van der Waals surface area contributed by atoms with Gasteiger partial charge in [0, 0.05) is 28.9 Å². The third-order valence-electron chi connectivity index (χ3n) is 8.75. The summed E-state index contributed by atoms with van der Waals surface area (Å²) in [5, 5.41) is 3.65. The molecule has 2 aromatic heterocycles. The van der Waals surface area contributed by atoms with Gasteiger partial charge in [-0.25, -0.2) is 13.4 Å². The first-order valence-corrected chi connectivity index (χ1v) is 14.9. The number of fused-ring (bicyclic) bond motifs is 1. The number of sulfone groups is 1. The van der Waals surface area contributed by atoms with Gasteiger partial charge < -0.3 is 5.32 Å². The summed E-state index contributed by atoms with van der Waals surface area (Å²) in [5.41, 5.74) is 3.22. The van der Waals surface area contributed by atoms with E-state index >= 15 is 0 Å². The van der Waals surface area contributed by atoms with Crippen molar-refractivity contribution in [3.63, 3.8) is 0 Å². The van der Waals surface area contributed by atoms with Crippen molar-refractivity contribution in [3.05, 3.63) is 64.1 Å². The van der Waals surface area contributed by atoms with Crippen LogP contribution in [0, 0.1) is 25.2 Å². The van der Waals surface area contributed by atoms with Crippen LogP contribution in [0.5, 0.6) is 0 Å². The summed E-state index contributed by atoms with van der Waals surface area (Å²) >= 11 is 0. The van der Waals surface area contributed by atoms with Gasteiger partial charge in [-0.05, 0) is 93.5 Å². The zero-order valence-electron chi connectivity index (χ0n) is 21.7. The van der Waals surface area contributed by atoms with E-state index in [4.69, 9.17) is 4.98 Å². The van der Waals surface area contributed by atoms with Crippen LogP contribution in [0.2, 0.25) is 0 Å². The molecule has 3 aliphatic rings. The van der Waals surface area contributed by atoms with Gasteiger partial charge >= 0.3 is 0 Å². The Hall–Kier alpha value is -3.00. The average molecular weight is 519 g/mol. The number of allylic oxidation sites excluding steroid dienone is 1. The quantitative estimate of drug-likeness (QED) is 0.430. The highest BCUT2D eigenvalue weighted by Crippen LogP contribution is 2.63. The van der Waals surface area contributed by atoms with Gasteiger partial charge in [-0.3, -0.25) is 9.36 Å². The third kappa shape index (κ3) is 4.19. The third-order valence-corrected chi connectivity index (χ3v) is 10.8. The van der Waals surface area contributed by atoms with Crippen LogP contribution in [-0.4, -0.2) is 28.2 Å². The number of hydrogen-bond acceptors (Lipinski definition) is 6. The summed E-state index contributed by atoms with van der Waals surface area (Å²) in [7, 11) is -3.44. The van der Waals surface area contributed by atoms with E-state index in [-0.39, 0.29) is 17.0 Å². The number of anilines is 2. The largest absolute Gasteiger partial charge is 0.324 e. The summed E-state index contributed by atoms with van der Waals surface area (Å²) < 4.78 is 28.4. The number of pyridine rings is 1. The normalized spacial score (nSPS) is 24.6. The molecule has 2 fully saturated rings. The first-order valence-electron chi connectivity index (χ1n) is 13.4. The fraction of sp³-hybridized carbons (Fsp3) is 0.483. The van der Waals surface area contributed by atoms with Crippen LogP contribution in [0.4, 0.5) is 11.6 Å². The van der Waals surface area contributed by atoms with E-state index in [2.05, 4.69) is 17.2 Å². The van der Waals surface area contributed by atoms with Crippen molar-refractivity contribution in [2.75, 3.05) is 5.32 Å². The molecule has 7 nitrogen and oxygen atoms in total. The number of benzene rings is 1. The zero-order chi connectivity index (χ0) is 25.9. The Labute approximate surface area is 218 Å². The lowest BCUT2D eigenvalue weighted by Crippen LogP contribution is -2.30. The number of aromatic nitrogens is 3. The van der Waals surface area contributed by atoms with Crippen molar-refractivity contribution in [1.82, 2.24) is 14.5 Å². The van der Waals surface area contributed by atoms with Crippen molar-refractivity contribution in [3.8, 4) is 0 Å². The standard InChI is InChI=1S/C29H34N4O3S/c1-18-6-8-22(9-7-18)37(35,36)23-10-11-24(19(2)16-23)31-28-30-17-21-15-20(3)27(34)33(26(21)32-28)25-5-4-12-29(25)13-14-29/h6,8,10-11,15-18,22,25H,4-5,7,9,12-14H2,1-3H3,(H,30,31,32)/t18-,22+,25?/m0/s1. The Kier molecular flexibility index (Phi) is 5.78. The van der Waals surface area contributed by atoms with Crippen LogP contribution in [-0.2, 0) is 9.84 Å². The van der Waals surface area contributed by atoms with E-state index in [1.165, 1.54) is 19.3 Å². The van der Waals surface area contributed by atoms with Crippen LogP contribution in [0.15, 0.2) is 52.3 Å². The molecule has 194 valence electrons. The summed E-state index contributed by atoms with van der Waals surface area (Å²) in [5.74, 6) is 0.820. The first kappa shape index (κ1) is 24.3. The van der Waals surface area contributed by atoms with E-state index in [0.717, 1.165) is 41.5 Å². The smallest absolute Gasteiger partial charge is 0.255 e. The van der Waals surface area contributed by atoms with Crippen molar-refractivity contribution in [1.29, 1.82) is 0 Å². The molecule has 2 heterocycles. The SMILES string of the molecule is Cc1cc(S(=O)(=O)[C@@H]2C=C[C@H](C)CC2)ccc1Nc1ncc2cc(C)c(=O)n(C3CCCC34CC4)c2n1. The molecule has 0 bridgehead atoms. The molecule has 1 spiro atoms. The lowest BCUT2D eigenvalue weighted by atomic mass is 9.98. The number of rotatable bonds is 5. The maximum absolute atomic E-state index is 13.3. The van der Waals surface area contributed by atoms with E-state index in [9.17, 15) is 13.2 Å². The van der Waals surface area contributed by atoms with Gasteiger partial charge in [-0.15, -0.1) is 0 Å². The van der Waals surface area contributed by atoms with Gasteiger partial charge in [0.1, 0.15) is 5.65 Å². The Morgan fingerprint density at radius 3 is 2.54 bits per heavy atom. The summed E-state index contributed by atoms with van der Waals surface area (Å²) in [4.78, 5) is 23.0. The van der Waals surface area contributed by atoms with Gasteiger partial charge in [-0.1, -0.05) is 25.5 Å². The highest BCUT2D eigenvalue weighted by Gasteiger charge is 2.53. The number of aryl methyl sites for hydroxylation is 2. The molecule has 3 atom stereocenters. The highest BCUT2D eigenvalue weighted by atomic mass is 32.2. The Balaban J connectivity index is 1.33. The van der Waals surface area contributed by atoms with Crippen LogP contribution >= 0.6 is 0 Å². The number of nitrogens with zero attached hydrogens (tertiary/aromatic N) is 3. The minimum absolute atomic E-state index is 0.0345. The molecular formula is C29H34N4O3S. The van der Waals surface area contributed by atoms with Crippen molar-refractivity contribution in [2.45, 2.75) is 81.9 Å². The number of hydrogen-bond donors (Lipinski definition) is 1. The summed E-state index contributed by atoms with van der Waals surface area (Å²) in [6.45, 7) is 5.86. The van der Waals surface area contributed by atoms with Crippen LogP contribution in [0.3, 0.4) is 0 Å². The van der Waals surface area contributed by atoms with Gasteiger partial charge in [0.05, 0.1) is 10.1 Å². The zero-order valence-corrected chi connectivity index (χ0v) is 22.5. The second-order valence-corrected chi connectivity index (χ2v) is 13.5. The fourth-order valence-electron chi connectivity index (χ4n) is 6.31. The maximum Gasteiger partial charge on any atom is 0.255 e. The predicted octanol–water partition coefficient (Wildman–Crippen LogP) is 5.79. The lowest BCUT2D eigenvalue weighted by molar-refractivity contribution is 0.357. The lowest BCUT2D eigenvalue weighted by Gasteiger charge is -2.23.